The lowest BCUT2D eigenvalue weighted by atomic mass is 10.1. The van der Waals surface area contributed by atoms with Gasteiger partial charge in [-0.1, -0.05) is 53.7 Å². The van der Waals surface area contributed by atoms with Crippen molar-refractivity contribution in [3.05, 3.63) is 66.4 Å². The first-order valence-corrected chi connectivity index (χ1v) is 8.62. The van der Waals surface area contributed by atoms with E-state index in [-0.39, 0.29) is 12.3 Å². The van der Waals surface area contributed by atoms with Crippen LogP contribution >= 0.6 is 0 Å². The van der Waals surface area contributed by atoms with Crippen molar-refractivity contribution in [1.82, 2.24) is 25.2 Å². The summed E-state index contributed by atoms with van der Waals surface area (Å²) in [5.41, 5.74) is 3.41. The van der Waals surface area contributed by atoms with E-state index >= 15 is 0 Å². The highest BCUT2D eigenvalue weighted by Gasteiger charge is 2.18. The first kappa shape index (κ1) is 17.8. The largest absolute Gasteiger partial charge is 0.354 e. The van der Waals surface area contributed by atoms with Gasteiger partial charge < -0.3 is 10.2 Å². The second kappa shape index (κ2) is 8.40. The second-order valence-electron chi connectivity index (χ2n) is 6.33. The number of hydrogen-bond acceptors (Lipinski definition) is 4. The van der Waals surface area contributed by atoms with Crippen molar-refractivity contribution in [2.24, 2.45) is 0 Å². The van der Waals surface area contributed by atoms with E-state index in [1.807, 2.05) is 79.7 Å². The molecule has 0 fully saturated rings. The first-order valence-electron chi connectivity index (χ1n) is 8.62. The van der Waals surface area contributed by atoms with Gasteiger partial charge in [0.2, 0.25) is 5.91 Å². The molecule has 1 N–H and O–H groups in total. The van der Waals surface area contributed by atoms with Crippen LogP contribution in [0.4, 0.5) is 0 Å². The topological polar surface area (TPSA) is 63.1 Å². The smallest absolute Gasteiger partial charge is 0.226 e. The van der Waals surface area contributed by atoms with E-state index in [2.05, 4.69) is 15.6 Å². The van der Waals surface area contributed by atoms with Crippen LogP contribution in [0.5, 0.6) is 0 Å². The van der Waals surface area contributed by atoms with Crippen molar-refractivity contribution >= 4 is 5.91 Å². The molecule has 6 heteroatoms. The van der Waals surface area contributed by atoms with Crippen LogP contribution in [0.15, 0.2) is 60.7 Å². The average Bonchev–Trinajstić information content (AvgIpc) is 3.06. The van der Waals surface area contributed by atoms with Crippen LogP contribution in [0.2, 0.25) is 0 Å². The molecule has 3 aromatic rings. The third-order valence-corrected chi connectivity index (χ3v) is 4.00. The molecule has 1 aromatic heterocycles. The van der Waals surface area contributed by atoms with Gasteiger partial charge in [0.25, 0.3) is 0 Å². The second-order valence-corrected chi connectivity index (χ2v) is 6.33. The SMILES string of the molecule is CN(C)CCNC(=O)Cc1nnn(-c2ccccc2)c1-c1ccccc1. The highest BCUT2D eigenvalue weighted by Crippen LogP contribution is 2.25. The molecule has 0 aliphatic heterocycles. The maximum absolute atomic E-state index is 12.3. The Labute approximate surface area is 153 Å². The highest BCUT2D eigenvalue weighted by molar-refractivity contribution is 5.80. The van der Waals surface area contributed by atoms with Crippen LogP contribution in [-0.2, 0) is 11.2 Å². The molecule has 0 unspecified atom stereocenters. The summed E-state index contributed by atoms with van der Waals surface area (Å²) in [6.45, 7) is 1.41. The summed E-state index contributed by atoms with van der Waals surface area (Å²) < 4.78 is 1.79. The van der Waals surface area contributed by atoms with Gasteiger partial charge in [-0.2, -0.15) is 0 Å². The minimum Gasteiger partial charge on any atom is -0.354 e. The van der Waals surface area contributed by atoms with Gasteiger partial charge in [-0.25, -0.2) is 4.68 Å². The lowest BCUT2D eigenvalue weighted by molar-refractivity contribution is -0.120. The zero-order valence-electron chi connectivity index (χ0n) is 15.1. The zero-order chi connectivity index (χ0) is 18.4. The van der Waals surface area contributed by atoms with E-state index in [1.165, 1.54) is 0 Å². The Bertz CT molecular complexity index is 843. The van der Waals surface area contributed by atoms with E-state index in [0.717, 1.165) is 23.5 Å². The summed E-state index contributed by atoms with van der Waals surface area (Å²) >= 11 is 0. The van der Waals surface area contributed by atoms with E-state index in [4.69, 9.17) is 0 Å². The predicted octanol–water partition coefficient (Wildman–Crippen LogP) is 2.15. The molecule has 1 amide bonds. The molecule has 0 atom stereocenters. The molecular formula is C20H23N5O. The Hall–Kier alpha value is -2.99. The van der Waals surface area contributed by atoms with E-state index in [1.54, 1.807) is 4.68 Å². The Kier molecular flexibility index (Phi) is 5.76. The van der Waals surface area contributed by atoms with Crippen molar-refractivity contribution in [1.29, 1.82) is 0 Å². The molecule has 0 aliphatic rings. The number of benzene rings is 2. The Morgan fingerprint density at radius 1 is 1.04 bits per heavy atom. The molecule has 0 aliphatic carbocycles. The molecule has 2 aromatic carbocycles. The molecule has 0 radical (unpaired) electrons. The maximum atomic E-state index is 12.3. The van der Waals surface area contributed by atoms with Gasteiger partial charge in [-0.15, -0.1) is 5.10 Å². The van der Waals surface area contributed by atoms with Crippen LogP contribution in [0.1, 0.15) is 5.69 Å². The van der Waals surface area contributed by atoms with Crippen molar-refractivity contribution in [2.75, 3.05) is 27.2 Å². The minimum absolute atomic E-state index is 0.0517. The van der Waals surface area contributed by atoms with Crippen LogP contribution in [0.25, 0.3) is 16.9 Å². The standard InChI is InChI=1S/C20H23N5O/c1-24(2)14-13-21-19(26)15-18-20(16-9-5-3-6-10-16)25(23-22-18)17-11-7-4-8-12-17/h3-12H,13-15H2,1-2H3,(H,21,26). The molecule has 0 bridgehead atoms. The summed E-state index contributed by atoms with van der Waals surface area (Å²) in [6, 6.07) is 19.7. The Morgan fingerprint density at radius 3 is 2.35 bits per heavy atom. The number of aromatic nitrogens is 3. The average molecular weight is 349 g/mol. The normalized spacial score (nSPS) is 10.9. The van der Waals surface area contributed by atoms with E-state index < -0.39 is 0 Å². The summed E-state index contributed by atoms with van der Waals surface area (Å²) in [5, 5.41) is 11.5. The molecule has 0 saturated carbocycles. The Balaban J connectivity index is 1.89. The first-order chi connectivity index (χ1) is 12.6. The summed E-state index contributed by atoms with van der Waals surface area (Å²) in [4.78, 5) is 14.3. The van der Waals surface area contributed by atoms with Crippen molar-refractivity contribution in [3.8, 4) is 16.9 Å². The molecule has 134 valence electrons. The van der Waals surface area contributed by atoms with Gasteiger partial charge >= 0.3 is 0 Å². The third-order valence-electron chi connectivity index (χ3n) is 4.00. The van der Waals surface area contributed by atoms with Crippen LogP contribution in [-0.4, -0.2) is 53.0 Å². The van der Waals surface area contributed by atoms with Crippen molar-refractivity contribution in [3.63, 3.8) is 0 Å². The van der Waals surface area contributed by atoms with E-state index in [0.29, 0.717) is 12.2 Å². The van der Waals surface area contributed by atoms with Crippen molar-refractivity contribution in [2.45, 2.75) is 6.42 Å². The zero-order valence-corrected chi connectivity index (χ0v) is 15.1. The number of carbonyl (C=O) groups is 1. The molecule has 0 saturated heterocycles. The van der Waals surface area contributed by atoms with Gasteiger partial charge in [0.1, 0.15) is 5.69 Å². The minimum atomic E-state index is -0.0517. The van der Waals surface area contributed by atoms with Crippen molar-refractivity contribution < 1.29 is 4.79 Å². The fourth-order valence-electron chi connectivity index (χ4n) is 2.70. The molecule has 0 spiro atoms. The van der Waals surface area contributed by atoms with Crippen LogP contribution in [0.3, 0.4) is 0 Å². The van der Waals surface area contributed by atoms with Crippen LogP contribution in [0, 0.1) is 0 Å². The molecule has 3 rings (SSSR count). The number of likely N-dealkylation sites (N-methyl/N-ethyl adjacent to an activating group) is 1. The fraction of sp³-hybridized carbons (Fsp3) is 0.250. The van der Waals surface area contributed by atoms with E-state index in [9.17, 15) is 4.79 Å². The lowest BCUT2D eigenvalue weighted by Crippen LogP contribution is -2.32. The quantitative estimate of drug-likeness (QED) is 0.710. The maximum Gasteiger partial charge on any atom is 0.226 e. The summed E-state index contributed by atoms with van der Waals surface area (Å²) in [5.74, 6) is -0.0517. The van der Waals surface area contributed by atoms with Gasteiger partial charge in [0.15, 0.2) is 0 Å². The van der Waals surface area contributed by atoms with Gasteiger partial charge in [-0.05, 0) is 26.2 Å². The van der Waals surface area contributed by atoms with Gasteiger partial charge in [0.05, 0.1) is 17.8 Å². The number of amides is 1. The summed E-state index contributed by atoms with van der Waals surface area (Å²) in [6.07, 6.45) is 0.199. The number of rotatable bonds is 7. The van der Waals surface area contributed by atoms with Gasteiger partial charge in [-0.3, -0.25) is 4.79 Å². The lowest BCUT2D eigenvalue weighted by Gasteiger charge is -2.11. The predicted molar refractivity (Wildman–Crippen MR) is 102 cm³/mol. The number of para-hydroxylation sites is 1. The Morgan fingerprint density at radius 2 is 1.69 bits per heavy atom. The molecular weight excluding hydrogens is 326 g/mol. The number of nitrogens with zero attached hydrogens (tertiary/aromatic N) is 4. The molecule has 1 heterocycles. The number of hydrogen-bond donors (Lipinski definition) is 1. The third kappa shape index (κ3) is 4.34. The van der Waals surface area contributed by atoms with Crippen LogP contribution < -0.4 is 5.32 Å². The molecule has 26 heavy (non-hydrogen) atoms. The van der Waals surface area contributed by atoms with Gasteiger partial charge in [0, 0.05) is 18.7 Å². The summed E-state index contributed by atoms with van der Waals surface area (Å²) in [7, 11) is 3.95. The number of carbonyl (C=O) groups excluding carboxylic acids is 1. The highest BCUT2D eigenvalue weighted by atomic mass is 16.1. The fourth-order valence-corrected chi connectivity index (χ4v) is 2.70. The monoisotopic (exact) mass is 349 g/mol. The molecule has 6 nitrogen and oxygen atoms in total. The number of nitrogens with one attached hydrogen (secondary N) is 1.